The molecule has 1 aliphatic rings. The zero-order chi connectivity index (χ0) is 11.5. The molecule has 1 aliphatic heterocycles. The summed E-state index contributed by atoms with van der Waals surface area (Å²) in [7, 11) is 0. The molecule has 4 unspecified atom stereocenters. The maximum atomic E-state index is 6.34. The lowest BCUT2D eigenvalue weighted by Crippen LogP contribution is -2.38. The minimum atomic E-state index is 0.167. The van der Waals surface area contributed by atoms with Crippen molar-refractivity contribution in [1.29, 1.82) is 0 Å². The molecule has 1 aromatic heterocycles. The van der Waals surface area contributed by atoms with Gasteiger partial charge in [-0.25, -0.2) is 0 Å². The van der Waals surface area contributed by atoms with Crippen molar-refractivity contribution in [3.8, 4) is 0 Å². The smallest absolute Gasteiger partial charge is 0.0591 e. The number of nitrogens with two attached hydrogens (primary N) is 1. The first-order chi connectivity index (χ1) is 7.70. The largest absolute Gasteiger partial charge is 0.378 e. The zero-order valence-corrected chi connectivity index (χ0v) is 9.97. The van der Waals surface area contributed by atoms with Gasteiger partial charge in [-0.15, -0.1) is 0 Å². The van der Waals surface area contributed by atoms with Gasteiger partial charge in [0.15, 0.2) is 0 Å². The Morgan fingerprint density at radius 1 is 1.44 bits per heavy atom. The van der Waals surface area contributed by atoms with Crippen LogP contribution in [0.4, 0.5) is 0 Å². The summed E-state index contributed by atoms with van der Waals surface area (Å²) in [5.74, 6) is 0.834. The number of nitrogens with zero attached hydrogens (tertiary/aromatic N) is 1. The molecule has 0 aromatic carbocycles. The first-order valence-corrected chi connectivity index (χ1v) is 5.97. The van der Waals surface area contributed by atoms with Gasteiger partial charge in [-0.2, -0.15) is 0 Å². The average molecular weight is 220 g/mol. The van der Waals surface area contributed by atoms with Crippen LogP contribution in [0.15, 0.2) is 24.5 Å². The number of pyridine rings is 1. The van der Waals surface area contributed by atoms with E-state index in [-0.39, 0.29) is 6.04 Å². The van der Waals surface area contributed by atoms with Crippen LogP contribution in [-0.2, 0) is 4.74 Å². The Hall–Kier alpha value is -0.930. The Morgan fingerprint density at radius 3 is 2.69 bits per heavy atom. The van der Waals surface area contributed by atoms with Crippen molar-refractivity contribution in [2.45, 2.75) is 38.3 Å². The first kappa shape index (κ1) is 11.6. The van der Waals surface area contributed by atoms with Crippen LogP contribution >= 0.6 is 0 Å². The summed E-state index contributed by atoms with van der Waals surface area (Å²) >= 11 is 0. The normalized spacial score (nSPS) is 28.9. The monoisotopic (exact) mass is 220 g/mol. The highest BCUT2D eigenvalue weighted by Crippen LogP contribution is 2.30. The van der Waals surface area contributed by atoms with E-state index in [2.05, 4.69) is 18.8 Å². The van der Waals surface area contributed by atoms with Gasteiger partial charge < -0.3 is 10.5 Å². The van der Waals surface area contributed by atoms with Crippen molar-refractivity contribution < 1.29 is 4.74 Å². The van der Waals surface area contributed by atoms with Crippen molar-refractivity contribution in [2.75, 3.05) is 6.61 Å². The highest BCUT2D eigenvalue weighted by atomic mass is 16.5. The summed E-state index contributed by atoms with van der Waals surface area (Å²) in [6, 6.07) is 4.26. The Labute approximate surface area is 97.0 Å². The predicted octanol–water partition coefficient (Wildman–Crippen LogP) is 1.94. The molecule has 1 aromatic rings. The molecule has 16 heavy (non-hydrogen) atoms. The highest BCUT2D eigenvalue weighted by molar-refractivity contribution is 5.17. The summed E-state index contributed by atoms with van der Waals surface area (Å²) in [6.07, 6.45) is 5.03. The fourth-order valence-electron chi connectivity index (χ4n) is 2.51. The summed E-state index contributed by atoms with van der Waals surface area (Å²) < 4.78 is 5.58. The molecular formula is C13H20N2O. The Morgan fingerprint density at radius 2 is 2.12 bits per heavy atom. The van der Waals surface area contributed by atoms with Gasteiger partial charge in [-0.1, -0.05) is 6.92 Å². The fourth-order valence-corrected chi connectivity index (χ4v) is 2.51. The number of aromatic nitrogens is 1. The van der Waals surface area contributed by atoms with E-state index in [0.29, 0.717) is 17.9 Å². The van der Waals surface area contributed by atoms with Crippen LogP contribution in [0.2, 0.25) is 0 Å². The van der Waals surface area contributed by atoms with Gasteiger partial charge in [0.1, 0.15) is 0 Å². The second-order valence-electron chi connectivity index (χ2n) is 4.68. The molecule has 0 amide bonds. The quantitative estimate of drug-likeness (QED) is 0.846. The molecule has 0 bridgehead atoms. The maximum absolute atomic E-state index is 6.34. The van der Waals surface area contributed by atoms with E-state index in [1.165, 1.54) is 5.56 Å². The third-order valence-electron chi connectivity index (χ3n) is 3.74. The minimum absolute atomic E-state index is 0.167. The number of rotatable bonds is 3. The van der Waals surface area contributed by atoms with Gasteiger partial charge >= 0.3 is 0 Å². The lowest BCUT2D eigenvalue weighted by atomic mass is 9.83. The van der Waals surface area contributed by atoms with Crippen LogP contribution < -0.4 is 5.73 Å². The lowest BCUT2D eigenvalue weighted by Gasteiger charge is -2.27. The number of hydrogen-bond donors (Lipinski definition) is 1. The minimum Gasteiger partial charge on any atom is -0.378 e. The molecule has 2 heterocycles. The number of ether oxygens (including phenoxy) is 1. The van der Waals surface area contributed by atoms with Crippen LogP contribution in [0.3, 0.4) is 0 Å². The van der Waals surface area contributed by atoms with Crippen molar-refractivity contribution in [3.63, 3.8) is 0 Å². The highest BCUT2D eigenvalue weighted by Gasteiger charge is 2.32. The van der Waals surface area contributed by atoms with Crippen LogP contribution in [-0.4, -0.2) is 23.7 Å². The van der Waals surface area contributed by atoms with Crippen molar-refractivity contribution in [2.24, 2.45) is 11.7 Å². The Bertz CT molecular complexity index is 328. The second kappa shape index (κ2) is 4.93. The summed E-state index contributed by atoms with van der Waals surface area (Å²) in [4.78, 5) is 4.03. The van der Waals surface area contributed by atoms with Gasteiger partial charge in [0.2, 0.25) is 0 Å². The van der Waals surface area contributed by atoms with Crippen LogP contribution in [0.1, 0.15) is 31.7 Å². The number of hydrogen-bond acceptors (Lipinski definition) is 3. The van der Waals surface area contributed by atoms with Gasteiger partial charge in [0.05, 0.1) is 6.10 Å². The van der Waals surface area contributed by atoms with Gasteiger partial charge in [0.25, 0.3) is 0 Å². The van der Waals surface area contributed by atoms with E-state index in [1.54, 1.807) is 0 Å². The molecule has 2 rings (SSSR count). The molecule has 0 saturated carbocycles. The first-order valence-electron chi connectivity index (χ1n) is 5.97. The lowest BCUT2D eigenvalue weighted by molar-refractivity contribution is 0.0973. The molecular weight excluding hydrogens is 200 g/mol. The van der Waals surface area contributed by atoms with E-state index in [4.69, 9.17) is 10.5 Å². The zero-order valence-electron chi connectivity index (χ0n) is 9.97. The molecule has 0 aliphatic carbocycles. The van der Waals surface area contributed by atoms with E-state index in [0.717, 1.165) is 13.0 Å². The van der Waals surface area contributed by atoms with Crippen molar-refractivity contribution >= 4 is 0 Å². The van der Waals surface area contributed by atoms with E-state index < -0.39 is 0 Å². The van der Waals surface area contributed by atoms with Crippen LogP contribution in [0.25, 0.3) is 0 Å². The summed E-state index contributed by atoms with van der Waals surface area (Å²) in [5.41, 5.74) is 7.61. The molecule has 3 nitrogen and oxygen atoms in total. The fraction of sp³-hybridized carbons (Fsp3) is 0.615. The summed E-state index contributed by atoms with van der Waals surface area (Å²) in [6.45, 7) is 5.16. The molecule has 3 heteroatoms. The second-order valence-corrected chi connectivity index (χ2v) is 4.68. The molecule has 1 fully saturated rings. The van der Waals surface area contributed by atoms with Gasteiger partial charge in [-0.3, -0.25) is 4.98 Å². The van der Waals surface area contributed by atoms with Gasteiger partial charge in [0, 0.05) is 31.0 Å². The molecule has 0 radical (unpaired) electrons. The molecule has 4 atom stereocenters. The SMILES string of the molecule is CC1OCCC1C(N)C(C)c1ccncc1. The van der Waals surface area contributed by atoms with E-state index in [1.807, 2.05) is 24.5 Å². The molecule has 88 valence electrons. The van der Waals surface area contributed by atoms with Crippen molar-refractivity contribution in [1.82, 2.24) is 4.98 Å². The molecule has 0 spiro atoms. The third kappa shape index (κ3) is 2.25. The van der Waals surface area contributed by atoms with Crippen LogP contribution in [0.5, 0.6) is 0 Å². The maximum Gasteiger partial charge on any atom is 0.0591 e. The third-order valence-corrected chi connectivity index (χ3v) is 3.74. The Kier molecular flexibility index (Phi) is 3.56. The van der Waals surface area contributed by atoms with E-state index >= 15 is 0 Å². The van der Waals surface area contributed by atoms with Crippen LogP contribution in [0, 0.1) is 5.92 Å². The average Bonchev–Trinajstić information content (AvgIpc) is 2.75. The Balaban J connectivity index is 2.07. The molecule has 2 N–H and O–H groups in total. The standard InChI is InChI=1S/C13H20N2O/c1-9(11-3-6-15-7-4-11)13(14)12-5-8-16-10(12)2/h3-4,6-7,9-10,12-13H,5,8,14H2,1-2H3. The topological polar surface area (TPSA) is 48.1 Å². The summed E-state index contributed by atoms with van der Waals surface area (Å²) in [5, 5.41) is 0. The van der Waals surface area contributed by atoms with E-state index in [9.17, 15) is 0 Å². The molecule has 1 saturated heterocycles. The predicted molar refractivity (Wildman–Crippen MR) is 64.1 cm³/mol. The van der Waals surface area contributed by atoms with Gasteiger partial charge in [-0.05, 0) is 37.0 Å². The van der Waals surface area contributed by atoms with Crippen molar-refractivity contribution in [3.05, 3.63) is 30.1 Å².